The van der Waals surface area contributed by atoms with E-state index in [0.29, 0.717) is 12.1 Å². The van der Waals surface area contributed by atoms with Crippen LogP contribution in [0.4, 0.5) is 0 Å². The summed E-state index contributed by atoms with van der Waals surface area (Å²) in [5.74, 6) is 0. The van der Waals surface area contributed by atoms with Gasteiger partial charge in [-0.1, -0.05) is 17.7 Å². The van der Waals surface area contributed by atoms with Gasteiger partial charge in [0, 0.05) is 30.2 Å². The molecule has 3 rings (SSSR count). The van der Waals surface area contributed by atoms with Crippen molar-refractivity contribution in [3.63, 3.8) is 0 Å². The van der Waals surface area contributed by atoms with Crippen molar-refractivity contribution in [2.75, 3.05) is 20.1 Å². The Morgan fingerprint density at radius 3 is 3.00 bits per heavy atom. The van der Waals surface area contributed by atoms with Gasteiger partial charge < -0.3 is 5.32 Å². The third-order valence-corrected chi connectivity index (χ3v) is 4.45. The molecule has 0 aromatic heterocycles. The SMILES string of the molecule is CNC1CCN(C2CCc3cc(Cl)ccc32)C1. The first-order chi connectivity index (χ1) is 8.28. The van der Waals surface area contributed by atoms with Crippen LogP contribution in [-0.2, 0) is 6.42 Å². The predicted octanol–water partition coefficient (Wildman–Crippen LogP) is 2.62. The van der Waals surface area contributed by atoms with Crippen LogP contribution in [0.25, 0.3) is 0 Å². The van der Waals surface area contributed by atoms with E-state index in [1.807, 2.05) is 6.07 Å². The molecule has 1 saturated heterocycles. The number of fused-ring (bicyclic) bond motifs is 1. The van der Waals surface area contributed by atoms with Gasteiger partial charge in [-0.15, -0.1) is 0 Å². The number of hydrogen-bond acceptors (Lipinski definition) is 2. The lowest BCUT2D eigenvalue weighted by atomic mass is 10.1. The van der Waals surface area contributed by atoms with Gasteiger partial charge in [-0.05, 0) is 49.6 Å². The second kappa shape index (κ2) is 4.60. The summed E-state index contributed by atoms with van der Waals surface area (Å²) in [5.41, 5.74) is 2.96. The van der Waals surface area contributed by atoms with Crippen molar-refractivity contribution in [3.8, 4) is 0 Å². The maximum absolute atomic E-state index is 6.05. The third kappa shape index (κ3) is 2.10. The van der Waals surface area contributed by atoms with Crippen molar-refractivity contribution in [3.05, 3.63) is 34.3 Å². The number of nitrogens with zero attached hydrogens (tertiary/aromatic N) is 1. The van der Waals surface area contributed by atoms with E-state index in [1.165, 1.54) is 43.5 Å². The number of likely N-dealkylation sites (N-methyl/N-ethyl adjacent to an activating group) is 1. The molecule has 3 heteroatoms. The molecule has 1 aliphatic carbocycles. The van der Waals surface area contributed by atoms with Crippen molar-refractivity contribution in [2.24, 2.45) is 0 Å². The summed E-state index contributed by atoms with van der Waals surface area (Å²) >= 11 is 6.05. The molecule has 0 radical (unpaired) electrons. The van der Waals surface area contributed by atoms with Gasteiger partial charge in [-0.3, -0.25) is 4.90 Å². The van der Waals surface area contributed by atoms with Crippen LogP contribution in [0.3, 0.4) is 0 Å². The summed E-state index contributed by atoms with van der Waals surface area (Å²) < 4.78 is 0. The molecule has 0 bridgehead atoms. The normalized spacial score (nSPS) is 28.6. The summed E-state index contributed by atoms with van der Waals surface area (Å²) in [4.78, 5) is 2.63. The molecule has 0 amide bonds. The molecule has 2 nitrogen and oxygen atoms in total. The van der Waals surface area contributed by atoms with Crippen molar-refractivity contribution in [2.45, 2.75) is 31.3 Å². The first-order valence-electron chi connectivity index (χ1n) is 6.47. The highest BCUT2D eigenvalue weighted by atomic mass is 35.5. The van der Waals surface area contributed by atoms with Gasteiger partial charge in [0.15, 0.2) is 0 Å². The van der Waals surface area contributed by atoms with E-state index in [1.54, 1.807) is 0 Å². The molecule has 0 spiro atoms. The van der Waals surface area contributed by atoms with E-state index in [-0.39, 0.29) is 0 Å². The summed E-state index contributed by atoms with van der Waals surface area (Å²) in [6, 6.07) is 7.70. The Balaban J connectivity index is 1.80. The molecule has 1 heterocycles. The number of likely N-dealkylation sites (tertiary alicyclic amines) is 1. The number of nitrogens with one attached hydrogen (secondary N) is 1. The molecule has 1 fully saturated rings. The minimum absolute atomic E-state index is 0.626. The smallest absolute Gasteiger partial charge is 0.0408 e. The van der Waals surface area contributed by atoms with E-state index in [4.69, 9.17) is 11.6 Å². The van der Waals surface area contributed by atoms with E-state index < -0.39 is 0 Å². The van der Waals surface area contributed by atoms with E-state index in [9.17, 15) is 0 Å². The van der Waals surface area contributed by atoms with Crippen molar-refractivity contribution >= 4 is 11.6 Å². The molecule has 1 N–H and O–H groups in total. The zero-order valence-electron chi connectivity index (χ0n) is 10.2. The van der Waals surface area contributed by atoms with Gasteiger partial charge in [0.25, 0.3) is 0 Å². The Morgan fingerprint density at radius 1 is 1.35 bits per heavy atom. The highest BCUT2D eigenvalue weighted by Gasteiger charge is 2.32. The van der Waals surface area contributed by atoms with Crippen LogP contribution in [0.15, 0.2) is 18.2 Å². The van der Waals surface area contributed by atoms with Gasteiger partial charge >= 0.3 is 0 Å². The van der Waals surface area contributed by atoms with Gasteiger partial charge in [0.05, 0.1) is 0 Å². The Hall–Kier alpha value is -0.570. The topological polar surface area (TPSA) is 15.3 Å². The van der Waals surface area contributed by atoms with Crippen LogP contribution in [0, 0.1) is 0 Å². The van der Waals surface area contributed by atoms with Crippen LogP contribution < -0.4 is 5.32 Å². The lowest BCUT2D eigenvalue weighted by molar-refractivity contribution is 0.240. The quantitative estimate of drug-likeness (QED) is 0.868. The van der Waals surface area contributed by atoms with Gasteiger partial charge in [-0.2, -0.15) is 0 Å². The first-order valence-corrected chi connectivity index (χ1v) is 6.85. The van der Waals surface area contributed by atoms with Crippen LogP contribution in [0.2, 0.25) is 5.02 Å². The standard InChI is InChI=1S/C14H19ClN2/c1-16-12-6-7-17(9-12)14-5-2-10-8-11(15)3-4-13(10)14/h3-4,8,12,14,16H,2,5-7,9H2,1H3. The molecule has 2 unspecified atom stereocenters. The minimum Gasteiger partial charge on any atom is -0.316 e. The van der Waals surface area contributed by atoms with E-state index in [0.717, 1.165) is 5.02 Å². The fourth-order valence-corrected chi connectivity index (χ4v) is 3.44. The fraction of sp³-hybridized carbons (Fsp3) is 0.571. The molecule has 2 atom stereocenters. The molecular weight excluding hydrogens is 232 g/mol. The molecule has 1 aromatic carbocycles. The van der Waals surface area contributed by atoms with Gasteiger partial charge in [0.2, 0.25) is 0 Å². The summed E-state index contributed by atoms with van der Waals surface area (Å²) in [6.45, 7) is 2.40. The summed E-state index contributed by atoms with van der Waals surface area (Å²) in [7, 11) is 2.07. The third-order valence-electron chi connectivity index (χ3n) is 4.22. The minimum atomic E-state index is 0.626. The second-order valence-electron chi connectivity index (χ2n) is 5.17. The summed E-state index contributed by atoms with van der Waals surface area (Å²) in [6.07, 6.45) is 3.71. The lowest BCUT2D eigenvalue weighted by Crippen LogP contribution is -2.31. The van der Waals surface area contributed by atoms with Crippen molar-refractivity contribution in [1.29, 1.82) is 0 Å². The van der Waals surface area contributed by atoms with E-state index >= 15 is 0 Å². The largest absolute Gasteiger partial charge is 0.316 e. The molecule has 2 aliphatic rings. The second-order valence-corrected chi connectivity index (χ2v) is 5.60. The maximum Gasteiger partial charge on any atom is 0.0408 e. The van der Waals surface area contributed by atoms with Crippen molar-refractivity contribution < 1.29 is 0 Å². The fourth-order valence-electron chi connectivity index (χ4n) is 3.25. The van der Waals surface area contributed by atoms with Gasteiger partial charge in [0.1, 0.15) is 0 Å². The molecule has 1 aromatic rings. The Morgan fingerprint density at radius 2 is 2.24 bits per heavy atom. The zero-order chi connectivity index (χ0) is 11.8. The van der Waals surface area contributed by atoms with Gasteiger partial charge in [-0.25, -0.2) is 0 Å². The average molecular weight is 251 g/mol. The summed E-state index contributed by atoms with van der Waals surface area (Å²) in [5, 5.41) is 4.26. The number of halogens is 1. The number of hydrogen-bond donors (Lipinski definition) is 1. The maximum atomic E-state index is 6.05. The Kier molecular flexibility index (Phi) is 3.12. The van der Waals surface area contributed by atoms with Crippen LogP contribution >= 0.6 is 11.6 Å². The first kappa shape index (κ1) is 11.5. The monoisotopic (exact) mass is 250 g/mol. The molecular formula is C14H19ClN2. The zero-order valence-corrected chi connectivity index (χ0v) is 11.0. The molecule has 1 aliphatic heterocycles. The number of rotatable bonds is 2. The molecule has 17 heavy (non-hydrogen) atoms. The average Bonchev–Trinajstić information content (AvgIpc) is 2.93. The van der Waals surface area contributed by atoms with Crippen LogP contribution in [-0.4, -0.2) is 31.1 Å². The molecule has 92 valence electrons. The lowest BCUT2D eigenvalue weighted by Gasteiger charge is -2.24. The number of aryl methyl sites for hydroxylation is 1. The van der Waals surface area contributed by atoms with Crippen molar-refractivity contribution in [1.82, 2.24) is 10.2 Å². The molecule has 0 saturated carbocycles. The highest BCUT2D eigenvalue weighted by Crippen LogP contribution is 2.38. The highest BCUT2D eigenvalue weighted by molar-refractivity contribution is 6.30. The van der Waals surface area contributed by atoms with Crippen LogP contribution in [0.1, 0.15) is 30.0 Å². The van der Waals surface area contributed by atoms with Crippen LogP contribution in [0.5, 0.6) is 0 Å². The number of benzene rings is 1. The Bertz CT molecular complexity index is 419. The predicted molar refractivity (Wildman–Crippen MR) is 71.6 cm³/mol. The van der Waals surface area contributed by atoms with E-state index in [2.05, 4.69) is 29.4 Å². The Labute approximate surface area is 108 Å².